The van der Waals surface area contributed by atoms with Gasteiger partial charge in [-0.05, 0) is 40.5 Å². The quantitative estimate of drug-likeness (QED) is 0.742. The Morgan fingerprint density at radius 1 is 1.56 bits per heavy atom. The van der Waals surface area contributed by atoms with E-state index >= 15 is 0 Å². The molecule has 1 saturated heterocycles. The summed E-state index contributed by atoms with van der Waals surface area (Å²) in [6, 6.07) is 0.350. The Morgan fingerprint density at radius 2 is 2.25 bits per heavy atom. The molecule has 0 saturated carbocycles. The lowest BCUT2D eigenvalue weighted by atomic mass is 9.94. The molecule has 4 nitrogen and oxygen atoms in total. The van der Waals surface area contributed by atoms with Crippen molar-refractivity contribution in [1.82, 2.24) is 5.32 Å². The van der Waals surface area contributed by atoms with Crippen molar-refractivity contribution in [2.24, 2.45) is 0 Å². The molecule has 1 aliphatic rings. The monoisotopic (exact) mass is 229 g/mol. The van der Waals surface area contributed by atoms with Crippen molar-refractivity contribution >= 4 is 5.97 Å². The van der Waals surface area contributed by atoms with Gasteiger partial charge in [-0.1, -0.05) is 0 Å². The van der Waals surface area contributed by atoms with Gasteiger partial charge in [0.1, 0.15) is 0 Å². The lowest BCUT2D eigenvalue weighted by Crippen LogP contribution is -2.45. The Bertz CT molecular complexity index is 238. The molecule has 0 aromatic heterocycles. The molecule has 0 bridgehead atoms. The van der Waals surface area contributed by atoms with Gasteiger partial charge in [0.05, 0.1) is 18.2 Å². The van der Waals surface area contributed by atoms with Gasteiger partial charge in [-0.3, -0.25) is 4.79 Å². The number of carbonyl (C=O) groups is 1. The Morgan fingerprint density at radius 3 is 2.81 bits per heavy atom. The normalized spacial score (nSPS) is 24.4. The summed E-state index contributed by atoms with van der Waals surface area (Å²) in [7, 11) is 0. The summed E-state index contributed by atoms with van der Waals surface area (Å²) >= 11 is 0. The molecule has 0 aromatic carbocycles. The molecule has 0 aliphatic carbocycles. The molecule has 0 aromatic rings. The molecule has 16 heavy (non-hydrogen) atoms. The van der Waals surface area contributed by atoms with Crippen LogP contribution in [-0.2, 0) is 14.3 Å². The van der Waals surface area contributed by atoms with Crippen molar-refractivity contribution in [1.29, 1.82) is 0 Å². The summed E-state index contributed by atoms with van der Waals surface area (Å²) in [5, 5.41) is 3.23. The van der Waals surface area contributed by atoms with E-state index in [2.05, 4.69) is 19.2 Å². The highest BCUT2D eigenvalue weighted by Crippen LogP contribution is 2.23. The fraction of sp³-hybridized carbons (Fsp3) is 0.917. The third kappa shape index (κ3) is 4.94. The number of esters is 1. The molecule has 1 fully saturated rings. The third-order valence-corrected chi connectivity index (χ3v) is 2.60. The van der Waals surface area contributed by atoms with Crippen LogP contribution >= 0.6 is 0 Å². The average molecular weight is 229 g/mol. The van der Waals surface area contributed by atoms with Gasteiger partial charge in [-0.25, -0.2) is 0 Å². The van der Waals surface area contributed by atoms with Gasteiger partial charge >= 0.3 is 5.97 Å². The SMILES string of the molecule is CC(C)OC(=O)CNC1CCOC(C)(C)C1. The minimum atomic E-state index is -0.181. The van der Waals surface area contributed by atoms with Crippen LogP contribution in [0.4, 0.5) is 0 Å². The minimum absolute atomic E-state index is 0.0413. The van der Waals surface area contributed by atoms with Crippen LogP contribution in [0, 0.1) is 0 Å². The first-order valence-electron chi connectivity index (χ1n) is 5.96. The molecule has 94 valence electrons. The predicted molar refractivity (Wildman–Crippen MR) is 62.3 cm³/mol. The van der Waals surface area contributed by atoms with Crippen molar-refractivity contribution in [3.8, 4) is 0 Å². The van der Waals surface area contributed by atoms with Gasteiger partial charge in [-0.2, -0.15) is 0 Å². The fourth-order valence-electron chi connectivity index (χ4n) is 1.94. The van der Waals surface area contributed by atoms with Crippen LogP contribution in [0.15, 0.2) is 0 Å². The second kappa shape index (κ2) is 5.64. The van der Waals surface area contributed by atoms with Crippen molar-refractivity contribution in [3.05, 3.63) is 0 Å². The standard InChI is InChI=1S/C12H23NO3/c1-9(2)16-11(14)8-13-10-5-6-15-12(3,4)7-10/h9-10,13H,5-8H2,1-4H3. The lowest BCUT2D eigenvalue weighted by Gasteiger charge is -2.35. The summed E-state index contributed by atoms with van der Waals surface area (Å²) in [6.07, 6.45) is 1.85. The topological polar surface area (TPSA) is 47.6 Å². The second-order valence-corrected chi connectivity index (χ2v) is 5.22. The molecule has 0 spiro atoms. The molecule has 1 rings (SSSR count). The first kappa shape index (κ1) is 13.5. The molecule has 1 atom stereocenters. The smallest absolute Gasteiger partial charge is 0.320 e. The number of carbonyl (C=O) groups excluding carboxylic acids is 1. The Labute approximate surface area is 97.7 Å². The first-order chi connectivity index (χ1) is 7.39. The molecule has 1 aliphatic heterocycles. The molecular formula is C12H23NO3. The highest BCUT2D eigenvalue weighted by Gasteiger charge is 2.28. The van der Waals surface area contributed by atoms with E-state index in [1.165, 1.54) is 0 Å². The van der Waals surface area contributed by atoms with Crippen LogP contribution in [0.1, 0.15) is 40.5 Å². The average Bonchev–Trinajstić information content (AvgIpc) is 2.12. The van der Waals surface area contributed by atoms with Gasteiger partial charge in [0, 0.05) is 12.6 Å². The van der Waals surface area contributed by atoms with E-state index in [1.807, 2.05) is 13.8 Å². The van der Waals surface area contributed by atoms with Crippen molar-refractivity contribution in [2.45, 2.75) is 58.3 Å². The predicted octanol–water partition coefficient (Wildman–Crippen LogP) is 1.49. The largest absolute Gasteiger partial charge is 0.462 e. The Kier molecular flexibility index (Phi) is 4.74. The number of nitrogens with one attached hydrogen (secondary N) is 1. The second-order valence-electron chi connectivity index (χ2n) is 5.22. The molecule has 1 heterocycles. The number of ether oxygens (including phenoxy) is 2. The Hall–Kier alpha value is -0.610. The van der Waals surface area contributed by atoms with Gasteiger partial charge in [-0.15, -0.1) is 0 Å². The maximum Gasteiger partial charge on any atom is 0.320 e. The van der Waals surface area contributed by atoms with Crippen LogP contribution < -0.4 is 5.32 Å². The van der Waals surface area contributed by atoms with E-state index in [-0.39, 0.29) is 17.7 Å². The molecule has 1 N–H and O–H groups in total. The summed E-state index contributed by atoms with van der Waals surface area (Å²) in [5.74, 6) is -0.181. The van der Waals surface area contributed by atoms with Gasteiger partial charge in [0.25, 0.3) is 0 Å². The highest BCUT2D eigenvalue weighted by molar-refractivity contribution is 5.71. The summed E-state index contributed by atoms with van der Waals surface area (Å²) in [4.78, 5) is 11.3. The molecule has 0 amide bonds. The van der Waals surface area contributed by atoms with Gasteiger partial charge in [0.2, 0.25) is 0 Å². The molecule has 1 unspecified atom stereocenters. The summed E-state index contributed by atoms with van der Waals surface area (Å²) < 4.78 is 10.7. The lowest BCUT2D eigenvalue weighted by molar-refractivity contribution is -0.146. The highest BCUT2D eigenvalue weighted by atomic mass is 16.5. The fourth-order valence-corrected chi connectivity index (χ4v) is 1.94. The zero-order valence-corrected chi connectivity index (χ0v) is 10.7. The van der Waals surface area contributed by atoms with Crippen LogP contribution in [0.3, 0.4) is 0 Å². The zero-order valence-electron chi connectivity index (χ0n) is 10.7. The van der Waals surface area contributed by atoms with Crippen molar-refractivity contribution in [2.75, 3.05) is 13.2 Å². The Balaban J connectivity index is 2.24. The zero-order chi connectivity index (χ0) is 12.2. The maximum atomic E-state index is 11.3. The number of hydrogen-bond acceptors (Lipinski definition) is 4. The van der Waals surface area contributed by atoms with Crippen LogP contribution in [0.2, 0.25) is 0 Å². The molecule has 0 radical (unpaired) electrons. The van der Waals surface area contributed by atoms with Crippen LogP contribution in [0.5, 0.6) is 0 Å². The summed E-state index contributed by atoms with van der Waals surface area (Å²) in [5.41, 5.74) is -0.0854. The third-order valence-electron chi connectivity index (χ3n) is 2.60. The van der Waals surface area contributed by atoms with E-state index in [9.17, 15) is 4.79 Å². The van der Waals surface area contributed by atoms with E-state index in [1.54, 1.807) is 0 Å². The summed E-state index contributed by atoms with van der Waals surface area (Å²) in [6.45, 7) is 8.91. The first-order valence-corrected chi connectivity index (χ1v) is 5.96. The van der Waals surface area contributed by atoms with Crippen LogP contribution in [-0.4, -0.2) is 36.9 Å². The van der Waals surface area contributed by atoms with Gasteiger partial charge < -0.3 is 14.8 Å². The van der Waals surface area contributed by atoms with Crippen molar-refractivity contribution in [3.63, 3.8) is 0 Å². The van der Waals surface area contributed by atoms with E-state index < -0.39 is 0 Å². The van der Waals surface area contributed by atoms with E-state index in [0.717, 1.165) is 19.4 Å². The van der Waals surface area contributed by atoms with Crippen LogP contribution in [0.25, 0.3) is 0 Å². The minimum Gasteiger partial charge on any atom is -0.462 e. The van der Waals surface area contributed by atoms with Crippen molar-refractivity contribution < 1.29 is 14.3 Å². The van der Waals surface area contributed by atoms with E-state index in [0.29, 0.717) is 12.6 Å². The molecule has 4 heteroatoms. The van der Waals surface area contributed by atoms with Gasteiger partial charge in [0.15, 0.2) is 0 Å². The number of hydrogen-bond donors (Lipinski definition) is 1. The van der Waals surface area contributed by atoms with E-state index in [4.69, 9.17) is 9.47 Å². The number of rotatable bonds is 4. The molecular weight excluding hydrogens is 206 g/mol. The maximum absolute atomic E-state index is 11.3.